The van der Waals surface area contributed by atoms with Crippen molar-refractivity contribution in [3.63, 3.8) is 0 Å². The average Bonchev–Trinajstić information content (AvgIpc) is 2.38. The first-order valence-corrected chi connectivity index (χ1v) is 7.08. The van der Waals surface area contributed by atoms with Crippen molar-refractivity contribution in [2.75, 3.05) is 38.6 Å². The quantitative estimate of drug-likeness (QED) is 0.860. The van der Waals surface area contributed by atoms with Crippen molar-refractivity contribution in [3.05, 3.63) is 29.3 Å². The molecule has 21 heavy (non-hydrogen) atoms. The molecule has 0 saturated carbocycles. The van der Waals surface area contributed by atoms with Gasteiger partial charge in [-0.3, -0.25) is 9.59 Å². The van der Waals surface area contributed by atoms with Crippen molar-refractivity contribution in [3.8, 4) is 0 Å². The first kappa shape index (κ1) is 17.2. The number of nitrogens with one attached hydrogen (secondary N) is 1. The lowest BCUT2D eigenvalue weighted by molar-refractivity contribution is -0.123. The first-order valence-electron chi connectivity index (χ1n) is 7.08. The fraction of sp³-hybridized carbons (Fsp3) is 0.500. The Morgan fingerprint density at radius 1 is 1.14 bits per heavy atom. The van der Waals surface area contributed by atoms with Gasteiger partial charge in [0.25, 0.3) is 0 Å². The van der Waals surface area contributed by atoms with E-state index in [2.05, 4.69) is 5.32 Å². The van der Waals surface area contributed by atoms with E-state index in [1.54, 1.807) is 0 Å². The lowest BCUT2D eigenvalue weighted by atomic mass is 10.1. The number of carbonyl (C=O) groups is 2. The molecule has 1 aromatic carbocycles. The Bertz CT molecular complexity index is 512. The molecule has 5 heteroatoms. The van der Waals surface area contributed by atoms with E-state index in [0.717, 1.165) is 23.4 Å². The summed E-state index contributed by atoms with van der Waals surface area (Å²) in [6, 6.07) is 5.77. The lowest BCUT2D eigenvalue weighted by Crippen LogP contribution is -2.41. The van der Waals surface area contributed by atoms with Crippen LogP contribution < -0.4 is 10.2 Å². The third-order valence-electron chi connectivity index (χ3n) is 3.37. The highest BCUT2D eigenvalue weighted by atomic mass is 16.2. The second-order valence-electron chi connectivity index (χ2n) is 5.53. The summed E-state index contributed by atoms with van der Waals surface area (Å²) in [5, 5.41) is 2.82. The summed E-state index contributed by atoms with van der Waals surface area (Å²) in [6.07, 6.45) is 0. The van der Waals surface area contributed by atoms with E-state index < -0.39 is 0 Å². The Hall–Kier alpha value is -1.88. The van der Waals surface area contributed by atoms with E-state index in [1.165, 1.54) is 11.8 Å². The molecule has 0 aliphatic carbocycles. The molecule has 0 saturated heterocycles. The molecule has 1 rings (SSSR count). The van der Waals surface area contributed by atoms with Gasteiger partial charge in [-0.2, -0.15) is 0 Å². The van der Waals surface area contributed by atoms with E-state index in [1.807, 2.05) is 51.0 Å². The molecule has 2 amide bonds. The van der Waals surface area contributed by atoms with Gasteiger partial charge in [0.1, 0.15) is 6.54 Å². The van der Waals surface area contributed by atoms with Gasteiger partial charge in [-0.25, -0.2) is 0 Å². The number of likely N-dealkylation sites (N-methyl/N-ethyl adjacent to an activating group) is 1. The fourth-order valence-electron chi connectivity index (χ4n) is 1.90. The van der Waals surface area contributed by atoms with Gasteiger partial charge < -0.3 is 15.1 Å². The van der Waals surface area contributed by atoms with E-state index in [4.69, 9.17) is 0 Å². The van der Waals surface area contributed by atoms with Crippen LogP contribution in [0.2, 0.25) is 0 Å². The number of amides is 2. The van der Waals surface area contributed by atoms with Crippen molar-refractivity contribution < 1.29 is 9.59 Å². The van der Waals surface area contributed by atoms with Crippen LogP contribution in [0.4, 0.5) is 5.69 Å². The van der Waals surface area contributed by atoms with Crippen molar-refractivity contribution in [1.82, 2.24) is 10.2 Å². The summed E-state index contributed by atoms with van der Waals surface area (Å²) in [4.78, 5) is 27.2. The van der Waals surface area contributed by atoms with Crippen LogP contribution in [0.25, 0.3) is 0 Å². The number of hydrogen-bond acceptors (Lipinski definition) is 3. The van der Waals surface area contributed by atoms with E-state index in [0.29, 0.717) is 6.54 Å². The number of hydrogen-bond donors (Lipinski definition) is 1. The van der Waals surface area contributed by atoms with Crippen LogP contribution in [-0.4, -0.2) is 50.4 Å². The minimum atomic E-state index is -0.148. The molecule has 0 bridgehead atoms. The zero-order valence-corrected chi connectivity index (χ0v) is 13.6. The van der Waals surface area contributed by atoms with Crippen LogP contribution >= 0.6 is 0 Å². The molecule has 0 heterocycles. The van der Waals surface area contributed by atoms with Crippen LogP contribution in [0, 0.1) is 13.8 Å². The molecule has 0 fully saturated rings. The largest absolute Gasteiger partial charge is 0.353 e. The summed E-state index contributed by atoms with van der Waals surface area (Å²) in [6.45, 7) is 6.88. The predicted octanol–water partition coefficient (Wildman–Crippen LogP) is 1.33. The van der Waals surface area contributed by atoms with Crippen LogP contribution in [0.5, 0.6) is 0 Å². The number of carbonyl (C=O) groups excluding carboxylic acids is 2. The van der Waals surface area contributed by atoms with Gasteiger partial charge >= 0.3 is 0 Å². The molecule has 1 aromatic rings. The molecule has 116 valence electrons. The van der Waals surface area contributed by atoms with E-state index in [9.17, 15) is 9.59 Å². The normalized spacial score (nSPS) is 10.6. The Morgan fingerprint density at radius 3 is 2.33 bits per heavy atom. The SMILES string of the molecule is CC(=O)N(CC(=O)NCCN(C)C)c1ccc(C)c(C)c1. The lowest BCUT2D eigenvalue weighted by Gasteiger charge is -2.22. The molecule has 0 unspecified atom stereocenters. The van der Waals surface area contributed by atoms with Gasteiger partial charge in [0.2, 0.25) is 11.8 Å². The maximum Gasteiger partial charge on any atom is 0.240 e. The number of benzene rings is 1. The predicted molar refractivity (Wildman–Crippen MR) is 85.5 cm³/mol. The first-order chi connectivity index (χ1) is 9.81. The van der Waals surface area contributed by atoms with Gasteiger partial charge in [-0.1, -0.05) is 6.07 Å². The van der Waals surface area contributed by atoms with Crippen molar-refractivity contribution in [2.24, 2.45) is 0 Å². The zero-order valence-electron chi connectivity index (χ0n) is 13.6. The van der Waals surface area contributed by atoms with Crippen LogP contribution in [0.1, 0.15) is 18.1 Å². The molecule has 0 aliphatic rings. The second-order valence-corrected chi connectivity index (χ2v) is 5.53. The Kier molecular flexibility index (Phi) is 6.37. The second kappa shape index (κ2) is 7.78. The highest BCUT2D eigenvalue weighted by Gasteiger charge is 2.16. The highest BCUT2D eigenvalue weighted by molar-refractivity contribution is 5.97. The Balaban J connectivity index is 2.71. The average molecular weight is 291 g/mol. The van der Waals surface area contributed by atoms with E-state index in [-0.39, 0.29) is 18.4 Å². The van der Waals surface area contributed by atoms with Crippen molar-refractivity contribution in [2.45, 2.75) is 20.8 Å². The highest BCUT2D eigenvalue weighted by Crippen LogP contribution is 2.18. The van der Waals surface area contributed by atoms with Crippen LogP contribution in [0.3, 0.4) is 0 Å². The molecule has 5 nitrogen and oxygen atoms in total. The molecule has 0 radical (unpaired) electrons. The summed E-state index contributed by atoms with van der Waals surface area (Å²) in [7, 11) is 3.90. The fourth-order valence-corrected chi connectivity index (χ4v) is 1.90. The molecule has 1 N–H and O–H groups in total. The summed E-state index contributed by atoms with van der Waals surface area (Å²) >= 11 is 0. The topological polar surface area (TPSA) is 52.7 Å². The molecule has 0 aliphatic heterocycles. The molecule has 0 spiro atoms. The third-order valence-corrected chi connectivity index (χ3v) is 3.37. The standard InChI is InChI=1S/C16H25N3O2/c1-12-6-7-15(10-13(12)2)19(14(3)20)11-16(21)17-8-9-18(4)5/h6-7,10H,8-9,11H2,1-5H3,(H,17,21). The van der Waals surface area contributed by atoms with Gasteiger partial charge in [-0.05, 0) is 51.2 Å². The van der Waals surface area contributed by atoms with Crippen molar-refractivity contribution in [1.29, 1.82) is 0 Å². The van der Waals surface area contributed by atoms with E-state index >= 15 is 0 Å². The van der Waals surface area contributed by atoms with Crippen LogP contribution in [0.15, 0.2) is 18.2 Å². The maximum atomic E-state index is 11.9. The van der Waals surface area contributed by atoms with Gasteiger partial charge in [0, 0.05) is 25.7 Å². The summed E-state index contributed by atoms with van der Waals surface area (Å²) in [5.74, 6) is -0.286. The Morgan fingerprint density at radius 2 is 1.81 bits per heavy atom. The summed E-state index contributed by atoms with van der Waals surface area (Å²) in [5.41, 5.74) is 3.03. The number of nitrogens with zero attached hydrogens (tertiary/aromatic N) is 2. The minimum absolute atomic E-state index is 0.0469. The van der Waals surface area contributed by atoms with Gasteiger partial charge in [0.05, 0.1) is 0 Å². The Labute approximate surface area is 126 Å². The van der Waals surface area contributed by atoms with Gasteiger partial charge in [0.15, 0.2) is 0 Å². The number of anilines is 1. The molecule has 0 atom stereocenters. The number of aryl methyl sites for hydroxylation is 2. The molecular weight excluding hydrogens is 266 g/mol. The maximum absolute atomic E-state index is 11.9. The monoisotopic (exact) mass is 291 g/mol. The molecule has 0 aromatic heterocycles. The smallest absolute Gasteiger partial charge is 0.240 e. The zero-order chi connectivity index (χ0) is 16.0. The number of rotatable bonds is 6. The van der Waals surface area contributed by atoms with Crippen LogP contribution in [-0.2, 0) is 9.59 Å². The van der Waals surface area contributed by atoms with Gasteiger partial charge in [-0.15, -0.1) is 0 Å². The minimum Gasteiger partial charge on any atom is -0.353 e. The molecular formula is C16H25N3O2. The summed E-state index contributed by atoms with van der Waals surface area (Å²) < 4.78 is 0. The third kappa shape index (κ3) is 5.55. The van der Waals surface area contributed by atoms with Crippen molar-refractivity contribution >= 4 is 17.5 Å².